The van der Waals surface area contributed by atoms with Crippen LogP contribution in [0, 0.1) is 0 Å². The summed E-state index contributed by atoms with van der Waals surface area (Å²) >= 11 is 6.87. The zero-order valence-corrected chi connectivity index (χ0v) is 15.0. The Morgan fingerprint density at radius 3 is 2.63 bits per heavy atom. The molecule has 0 aliphatic carbocycles. The number of hydrogen-bond acceptors (Lipinski definition) is 4. The average molecular weight is 414 g/mol. The monoisotopic (exact) mass is 412 g/mol. The smallest absolute Gasteiger partial charge is 0.147 e. The van der Waals surface area contributed by atoms with E-state index < -0.39 is 9.84 Å². The van der Waals surface area contributed by atoms with E-state index in [1.807, 2.05) is 13.0 Å². The molecule has 0 saturated carbocycles. The zero-order chi connectivity index (χ0) is 14.5. The Morgan fingerprint density at radius 2 is 2.11 bits per heavy atom. The highest BCUT2D eigenvalue weighted by Gasteiger charge is 2.16. The Hall–Kier alpha value is 0.0200. The molecule has 0 aliphatic rings. The Morgan fingerprint density at radius 1 is 1.42 bits per heavy atom. The largest absolute Gasteiger partial charge is 0.309 e. The summed E-state index contributed by atoms with van der Waals surface area (Å²) < 4.78 is 24.2. The molecule has 1 atom stereocenters. The second kappa shape index (κ2) is 7.71. The summed E-state index contributed by atoms with van der Waals surface area (Å²) in [5.41, 5.74) is 0.915. The molecule has 0 fully saturated rings. The first-order chi connectivity index (χ1) is 8.83. The summed E-state index contributed by atoms with van der Waals surface area (Å²) in [6, 6.07) is 2.01. The second-order valence-electron chi connectivity index (χ2n) is 4.40. The third kappa shape index (κ3) is 6.33. The van der Waals surface area contributed by atoms with Gasteiger partial charge < -0.3 is 5.32 Å². The molecule has 1 rings (SSSR count). The number of pyridine rings is 1. The summed E-state index contributed by atoms with van der Waals surface area (Å²) in [6.07, 6.45) is 4.39. The van der Waals surface area contributed by atoms with Crippen LogP contribution < -0.4 is 5.32 Å². The third-order valence-corrected chi connectivity index (χ3v) is 4.72. The third-order valence-electron chi connectivity index (χ3n) is 2.62. The number of aromatic nitrogens is 1. The maximum atomic E-state index is 11.2. The van der Waals surface area contributed by atoms with Gasteiger partial charge in [0, 0.05) is 27.2 Å². The van der Waals surface area contributed by atoms with E-state index >= 15 is 0 Å². The van der Waals surface area contributed by atoms with Gasteiger partial charge >= 0.3 is 0 Å². The fraction of sp³-hybridized carbons (Fsp3) is 0.583. The quantitative estimate of drug-likeness (QED) is 0.746. The molecule has 7 heteroatoms. The van der Waals surface area contributed by atoms with Crippen molar-refractivity contribution in [2.24, 2.45) is 0 Å². The molecule has 19 heavy (non-hydrogen) atoms. The maximum absolute atomic E-state index is 11.2. The van der Waals surface area contributed by atoms with Gasteiger partial charge in [-0.15, -0.1) is 0 Å². The van der Waals surface area contributed by atoms with Crippen LogP contribution in [0.3, 0.4) is 0 Å². The minimum Gasteiger partial charge on any atom is -0.309 e. The molecule has 1 aromatic rings. The van der Waals surface area contributed by atoms with Crippen LogP contribution in [0.1, 0.15) is 31.5 Å². The number of nitrogens with zero attached hydrogens (tertiary/aromatic N) is 1. The normalized spacial score (nSPS) is 13.5. The van der Waals surface area contributed by atoms with Crippen LogP contribution in [-0.2, 0) is 9.84 Å². The summed E-state index contributed by atoms with van der Waals surface area (Å²) in [5, 5.41) is 3.34. The second-order valence-corrected chi connectivity index (χ2v) is 8.43. The van der Waals surface area contributed by atoms with E-state index in [4.69, 9.17) is 0 Å². The molecule has 0 bridgehead atoms. The predicted octanol–water partition coefficient (Wildman–Crippen LogP) is 3.08. The van der Waals surface area contributed by atoms with Gasteiger partial charge in [-0.1, -0.05) is 6.92 Å². The first-order valence-corrected chi connectivity index (χ1v) is 9.70. The molecule has 1 unspecified atom stereocenters. The summed E-state index contributed by atoms with van der Waals surface area (Å²) in [5.74, 6) is 0.211. The Labute approximate surface area is 131 Å². The average Bonchev–Trinajstić information content (AvgIpc) is 2.26. The van der Waals surface area contributed by atoms with Gasteiger partial charge in [-0.2, -0.15) is 0 Å². The minimum atomic E-state index is -2.90. The number of rotatable bonds is 7. The fourth-order valence-corrected chi connectivity index (χ4v) is 3.77. The Kier molecular flexibility index (Phi) is 6.93. The van der Waals surface area contributed by atoms with Gasteiger partial charge in [-0.3, -0.25) is 4.98 Å². The number of hydrogen-bond donors (Lipinski definition) is 1. The highest BCUT2D eigenvalue weighted by Crippen LogP contribution is 2.27. The molecule has 0 saturated heterocycles. The molecule has 1 aromatic heterocycles. The summed E-state index contributed by atoms with van der Waals surface area (Å²) in [6.45, 7) is 2.84. The fourth-order valence-electron chi connectivity index (χ4n) is 1.81. The SMILES string of the molecule is CCNC(CCCS(C)(=O)=O)c1ncc(Br)cc1Br. The molecule has 4 nitrogen and oxygen atoms in total. The van der Waals surface area contributed by atoms with Crippen LogP contribution in [0.2, 0.25) is 0 Å². The van der Waals surface area contributed by atoms with Gasteiger partial charge in [0.2, 0.25) is 0 Å². The van der Waals surface area contributed by atoms with Gasteiger partial charge in [0.25, 0.3) is 0 Å². The van der Waals surface area contributed by atoms with Crippen LogP contribution in [-0.4, -0.2) is 32.0 Å². The van der Waals surface area contributed by atoms with Crippen LogP contribution in [0.5, 0.6) is 0 Å². The van der Waals surface area contributed by atoms with Gasteiger partial charge in [0.1, 0.15) is 9.84 Å². The van der Waals surface area contributed by atoms with E-state index in [1.165, 1.54) is 6.26 Å². The molecule has 0 spiro atoms. The van der Waals surface area contributed by atoms with Crippen molar-refractivity contribution in [2.45, 2.75) is 25.8 Å². The van der Waals surface area contributed by atoms with E-state index in [-0.39, 0.29) is 11.8 Å². The van der Waals surface area contributed by atoms with E-state index in [0.29, 0.717) is 6.42 Å². The standard InChI is InChI=1S/C12H18Br2N2O2S/c1-3-15-11(5-4-6-19(2,17)18)12-10(14)7-9(13)8-16-12/h7-8,11,15H,3-6H2,1-2H3. The molecular weight excluding hydrogens is 396 g/mol. The van der Waals surface area contributed by atoms with Gasteiger partial charge in [-0.05, 0) is 57.3 Å². The van der Waals surface area contributed by atoms with Gasteiger partial charge in [-0.25, -0.2) is 8.42 Å². The molecule has 1 N–H and O–H groups in total. The zero-order valence-electron chi connectivity index (χ0n) is 11.0. The highest BCUT2D eigenvalue weighted by molar-refractivity contribution is 9.11. The number of halogens is 2. The lowest BCUT2D eigenvalue weighted by Gasteiger charge is -2.18. The molecule has 1 heterocycles. The van der Waals surface area contributed by atoms with Crippen molar-refractivity contribution in [3.63, 3.8) is 0 Å². The van der Waals surface area contributed by atoms with Crippen molar-refractivity contribution in [1.82, 2.24) is 10.3 Å². The van der Waals surface area contributed by atoms with Crippen molar-refractivity contribution >= 4 is 41.7 Å². The van der Waals surface area contributed by atoms with Crippen LogP contribution >= 0.6 is 31.9 Å². The Bertz CT molecular complexity index is 520. The van der Waals surface area contributed by atoms with Crippen LogP contribution in [0.25, 0.3) is 0 Å². The first-order valence-electron chi connectivity index (χ1n) is 6.05. The Balaban J connectivity index is 2.76. The lowest BCUT2D eigenvalue weighted by molar-refractivity contribution is 0.494. The highest BCUT2D eigenvalue weighted by atomic mass is 79.9. The first kappa shape index (κ1) is 17.1. The van der Waals surface area contributed by atoms with Crippen molar-refractivity contribution < 1.29 is 8.42 Å². The maximum Gasteiger partial charge on any atom is 0.147 e. The summed E-state index contributed by atoms with van der Waals surface area (Å²) in [7, 11) is -2.90. The molecule has 108 valence electrons. The van der Waals surface area contributed by atoms with Crippen LogP contribution in [0.15, 0.2) is 21.2 Å². The number of nitrogens with one attached hydrogen (secondary N) is 1. The van der Waals surface area contributed by atoms with Crippen LogP contribution in [0.4, 0.5) is 0 Å². The molecule has 0 amide bonds. The van der Waals surface area contributed by atoms with E-state index in [0.717, 1.165) is 27.6 Å². The number of sulfone groups is 1. The molecule has 0 radical (unpaired) electrons. The van der Waals surface area contributed by atoms with Crippen molar-refractivity contribution in [3.8, 4) is 0 Å². The van der Waals surface area contributed by atoms with Crippen molar-refractivity contribution in [2.75, 3.05) is 18.6 Å². The van der Waals surface area contributed by atoms with Crippen molar-refractivity contribution in [3.05, 3.63) is 26.9 Å². The van der Waals surface area contributed by atoms with E-state index in [2.05, 4.69) is 42.2 Å². The van der Waals surface area contributed by atoms with Gasteiger partial charge in [0.05, 0.1) is 11.7 Å². The lowest BCUT2D eigenvalue weighted by Crippen LogP contribution is -2.23. The predicted molar refractivity (Wildman–Crippen MR) is 85.0 cm³/mol. The lowest BCUT2D eigenvalue weighted by atomic mass is 10.1. The van der Waals surface area contributed by atoms with Gasteiger partial charge in [0.15, 0.2) is 0 Å². The topological polar surface area (TPSA) is 59.1 Å². The minimum absolute atomic E-state index is 0.0641. The summed E-state index contributed by atoms with van der Waals surface area (Å²) in [4.78, 5) is 4.41. The molecule has 0 aromatic carbocycles. The van der Waals surface area contributed by atoms with Crippen molar-refractivity contribution in [1.29, 1.82) is 0 Å². The molecule has 0 aliphatic heterocycles. The van der Waals surface area contributed by atoms with E-state index in [9.17, 15) is 8.42 Å². The van der Waals surface area contributed by atoms with E-state index in [1.54, 1.807) is 6.20 Å². The molecular formula is C12H18Br2N2O2S.